The SMILES string of the molecule is CS(=O)(=O)N1CCCC(C(=O)N(CCC(=O)O)C2CC2)C1. The van der Waals surface area contributed by atoms with E-state index in [1.54, 1.807) is 4.90 Å². The number of hydrogen-bond donors (Lipinski definition) is 1. The van der Waals surface area contributed by atoms with Crippen LogP contribution in [0.1, 0.15) is 32.1 Å². The minimum atomic E-state index is -3.28. The molecule has 0 spiro atoms. The molecule has 2 fully saturated rings. The Bertz CT molecular complexity index is 515. The molecule has 1 atom stereocenters. The molecule has 2 aliphatic rings. The minimum Gasteiger partial charge on any atom is -0.481 e. The molecule has 1 saturated carbocycles. The third-order valence-corrected chi connectivity index (χ3v) is 5.31. The molecule has 21 heavy (non-hydrogen) atoms. The van der Waals surface area contributed by atoms with Gasteiger partial charge in [0.05, 0.1) is 18.6 Å². The zero-order valence-corrected chi connectivity index (χ0v) is 13.0. The number of rotatable bonds is 6. The monoisotopic (exact) mass is 318 g/mol. The third kappa shape index (κ3) is 4.41. The zero-order valence-electron chi connectivity index (χ0n) is 12.2. The van der Waals surface area contributed by atoms with Crippen molar-refractivity contribution in [3.63, 3.8) is 0 Å². The Labute approximate surface area is 125 Å². The molecule has 7 nitrogen and oxygen atoms in total. The van der Waals surface area contributed by atoms with E-state index >= 15 is 0 Å². The molecule has 1 unspecified atom stereocenters. The van der Waals surface area contributed by atoms with Crippen molar-refractivity contribution in [2.24, 2.45) is 5.92 Å². The molecule has 1 heterocycles. The van der Waals surface area contributed by atoms with E-state index in [0.29, 0.717) is 19.4 Å². The Morgan fingerprint density at radius 2 is 1.95 bits per heavy atom. The Kier molecular flexibility index (Phi) is 4.88. The van der Waals surface area contributed by atoms with E-state index < -0.39 is 16.0 Å². The van der Waals surface area contributed by atoms with Crippen molar-refractivity contribution in [3.8, 4) is 0 Å². The Morgan fingerprint density at radius 3 is 2.48 bits per heavy atom. The van der Waals surface area contributed by atoms with Crippen molar-refractivity contribution in [1.29, 1.82) is 0 Å². The third-order valence-electron chi connectivity index (χ3n) is 4.04. The lowest BCUT2D eigenvalue weighted by Crippen LogP contribution is -2.47. The summed E-state index contributed by atoms with van der Waals surface area (Å²) in [6, 6.07) is 0.144. The average molecular weight is 318 g/mol. The summed E-state index contributed by atoms with van der Waals surface area (Å²) in [6.07, 6.45) is 4.25. The molecule has 1 aliphatic heterocycles. The second kappa shape index (κ2) is 6.31. The van der Waals surface area contributed by atoms with E-state index in [2.05, 4.69) is 0 Å². The number of carbonyl (C=O) groups is 2. The zero-order chi connectivity index (χ0) is 15.6. The lowest BCUT2D eigenvalue weighted by atomic mass is 9.98. The first-order chi connectivity index (χ1) is 9.79. The number of carbonyl (C=O) groups excluding carboxylic acids is 1. The van der Waals surface area contributed by atoms with E-state index in [-0.39, 0.29) is 37.4 Å². The summed E-state index contributed by atoms with van der Waals surface area (Å²) in [5.74, 6) is -1.36. The fraction of sp³-hybridized carbons (Fsp3) is 0.846. The lowest BCUT2D eigenvalue weighted by molar-refractivity contribution is -0.140. The largest absolute Gasteiger partial charge is 0.481 e. The van der Waals surface area contributed by atoms with Crippen LogP contribution in [0.5, 0.6) is 0 Å². The molecular weight excluding hydrogens is 296 g/mol. The van der Waals surface area contributed by atoms with Gasteiger partial charge in [0.2, 0.25) is 15.9 Å². The van der Waals surface area contributed by atoms with E-state index in [4.69, 9.17) is 5.11 Å². The van der Waals surface area contributed by atoms with Crippen molar-refractivity contribution in [2.45, 2.75) is 38.1 Å². The van der Waals surface area contributed by atoms with Crippen LogP contribution < -0.4 is 0 Å². The van der Waals surface area contributed by atoms with Gasteiger partial charge < -0.3 is 10.0 Å². The van der Waals surface area contributed by atoms with Crippen LogP contribution in [0, 0.1) is 5.92 Å². The number of carboxylic acid groups (broad SMARTS) is 1. The maximum Gasteiger partial charge on any atom is 0.305 e. The highest BCUT2D eigenvalue weighted by Crippen LogP contribution is 2.30. The van der Waals surface area contributed by atoms with Crippen LogP contribution in [0.4, 0.5) is 0 Å². The number of nitrogens with zero attached hydrogens (tertiary/aromatic N) is 2. The molecule has 0 radical (unpaired) electrons. The quantitative estimate of drug-likeness (QED) is 0.751. The fourth-order valence-corrected chi connectivity index (χ4v) is 3.67. The molecule has 8 heteroatoms. The second-order valence-electron chi connectivity index (χ2n) is 5.87. The van der Waals surface area contributed by atoms with Gasteiger partial charge in [-0.15, -0.1) is 0 Å². The number of carboxylic acids is 1. The number of piperidine rings is 1. The first-order valence-electron chi connectivity index (χ1n) is 7.26. The lowest BCUT2D eigenvalue weighted by Gasteiger charge is -2.33. The molecule has 0 bridgehead atoms. The molecule has 1 amide bonds. The first kappa shape index (κ1) is 16.2. The Hall–Kier alpha value is -1.15. The Morgan fingerprint density at radius 1 is 1.29 bits per heavy atom. The summed E-state index contributed by atoms with van der Waals surface area (Å²) < 4.78 is 24.6. The van der Waals surface area contributed by atoms with Gasteiger partial charge in [-0.25, -0.2) is 12.7 Å². The minimum absolute atomic E-state index is 0.0647. The highest BCUT2D eigenvalue weighted by atomic mass is 32.2. The molecule has 120 valence electrons. The first-order valence-corrected chi connectivity index (χ1v) is 9.11. The summed E-state index contributed by atoms with van der Waals surface area (Å²) in [7, 11) is -3.28. The van der Waals surface area contributed by atoms with E-state index in [9.17, 15) is 18.0 Å². The molecule has 2 rings (SSSR count). The molecule has 0 aromatic rings. The smallest absolute Gasteiger partial charge is 0.305 e. The summed E-state index contributed by atoms with van der Waals surface area (Å²) >= 11 is 0. The van der Waals surface area contributed by atoms with Crippen LogP contribution in [0.3, 0.4) is 0 Å². The molecule has 0 aromatic carbocycles. The molecule has 1 N–H and O–H groups in total. The maximum absolute atomic E-state index is 12.6. The number of hydrogen-bond acceptors (Lipinski definition) is 4. The van der Waals surface area contributed by atoms with Crippen LogP contribution in [0.25, 0.3) is 0 Å². The maximum atomic E-state index is 12.6. The van der Waals surface area contributed by atoms with Crippen LogP contribution >= 0.6 is 0 Å². The predicted molar refractivity (Wildman–Crippen MR) is 76.1 cm³/mol. The van der Waals surface area contributed by atoms with Gasteiger partial charge >= 0.3 is 5.97 Å². The predicted octanol–water partition coefficient (Wildman–Crippen LogP) is 0.124. The van der Waals surface area contributed by atoms with Crippen molar-refractivity contribution in [2.75, 3.05) is 25.9 Å². The average Bonchev–Trinajstić information content (AvgIpc) is 3.22. The normalized spacial score (nSPS) is 23.8. The van der Waals surface area contributed by atoms with Gasteiger partial charge in [-0.2, -0.15) is 0 Å². The van der Waals surface area contributed by atoms with Gasteiger partial charge in [-0.05, 0) is 25.7 Å². The summed E-state index contributed by atoms with van der Waals surface area (Å²) in [5.41, 5.74) is 0. The van der Waals surface area contributed by atoms with Gasteiger partial charge in [-0.1, -0.05) is 0 Å². The summed E-state index contributed by atoms with van der Waals surface area (Å²) in [6.45, 7) is 0.892. The van der Waals surface area contributed by atoms with Crippen LogP contribution in [-0.4, -0.2) is 66.5 Å². The van der Waals surface area contributed by atoms with E-state index in [1.165, 1.54) is 4.31 Å². The van der Waals surface area contributed by atoms with Crippen LogP contribution in [0.2, 0.25) is 0 Å². The second-order valence-corrected chi connectivity index (χ2v) is 7.85. The molecule has 0 aromatic heterocycles. The fourth-order valence-electron chi connectivity index (χ4n) is 2.75. The summed E-state index contributed by atoms with van der Waals surface area (Å²) in [5, 5.41) is 8.78. The van der Waals surface area contributed by atoms with Gasteiger partial charge in [0.25, 0.3) is 0 Å². The molecule has 1 aliphatic carbocycles. The van der Waals surface area contributed by atoms with Crippen molar-refractivity contribution in [1.82, 2.24) is 9.21 Å². The number of sulfonamides is 1. The molecular formula is C13H22N2O5S. The van der Waals surface area contributed by atoms with E-state index in [1.807, 2.05) is 0 Å². The van der Waals surface area contributed by atoms with Crippen LogP contribution in [0.15, 0.2) is 0 Å². The van der Waals surface area contributed by atoms with Crippen molar-refractivity contribution in [3.05, 3.63) is 0 Å². The number of amides is 1. The highest BCUT2D eigenvalue weighted by Gasteiger charge is 2.38. The van der Waals surface area contributed by atoms with Gasteiger partial charge in [0, 0.05) is 25.7 Å². The highest BCUT2D eigenvalue weighted by molar-refractivity contribution is 7.88. The van der Waals surface area contributed by atoms with Crippen molar-refractivity contribution >= 4 is 21.9 Å². The van der Waals surface area contributed by atoms with Gasteiger partial charge in [-0.3, -0.25) is 9.59 Å². The standard InChI is InChI=1S/C13H22N2O5S/c1-21(19,20)14-7-2-3-10(9-14)13(18)15(11-4-5-11)8-6-12(16)17/h10-11H,2-9H2,1H3,(H,16,17). The van der Waals surface area contributed by atoms with Gasteiger partial charge in [0.15, 0.2) is 0 Å². The molecule has 1 saturated heterocycles. The number of aliphatic carboxylic acids is 1. The van der Waals surface area contributed by atoms with Gasteiger partial charge in [0.1, 0.15) is 0 Å². The Balaban J connectivity index is 2.00. The topological polar surface area (TPSA) is 95.0 Å². The van der Waals surface area contributed by atoms with Crippen molar-refractivity contribution < 1.29 is 23.1 Å². The summed E-state index contributed by atoms with van der Waals surface area (Å²) in [4.78, 5) is 24.9. The van der Waals surface area contributed by atoms with Crippen LogP contribution in [-0.2, 0) is 19.6 Å². The van der Waals surface area contributed by atoms with E-state index in [0.717, 1.165) is 19.1 Å².